The molecule has 1 atom stereocenters. The Morgan fingerprint density at radius 3 is 2.50 bits per heavy atom. The van der Waals surface area contributed by atoms with Crippen LogP contribution >= 0.6 is 0 Å². The van der Waals surface area contributed by atoms with Crippen LogP contribution in [0.5, 0.6) is 0 Å². The van der Waals surface area contributed by atoms with Crippen LogP contribution < -0.4 is 10.6 Å². The lowest BCUT2D eigenvalue weighted by molar-refractivity contribution is 0.651. The van der Waals surface area contributed by atoms with Gasteiger partial charge in [-0.3, -0.25) is 5.32 Å². The van der Waals surface area contributed by atoms with Crippen LogP contribution in [0.4, 0.5) is 0 Å². The Hall–Kier alpha value is -3.32. The van der Waals surface area contributed by atoms with Gasteiger partial charge in [-0.2, -0.15) is 5.26 Å². The topological polar surface area (TPSA) is 60.2 Å². The monoisotopic (exact) mass is 340 g/mol. The van der Waals surface area contributed by atoms with Gasteiger partial charge >= 0.3 is 0 Å². The molecular formula is C22H20N4. The highest BCUT2D eigenvalue weighted by Crippen LogP contribution is 2.40. The molecule has 0 radical (unpaired) electrons. The van der Waals surface area contributed by atoms with Crippen LogP contribution in [0.1, 0.15) is 36.4 Å². The Balaban J connectivity index is 1.78. The van der Waals surface area contributed by atoms with Crippen molar-refractivity contribution < 1.29 is 0 Å². The summed E-state index contributed by atoms with van der Waals surface area (Å²) in [5.41, 5.74) is 6.02. The van der Waals surface area contributed by atoms with Crippen LogP contribution in [0, 0.1) is 11.5 Å². The fraction of sp³-hybridized carbons (Fsp3) is 0.182. The maximum absolute atomic E-state index is 9.06. The normalized spacial score (nSPS) is 20.7. The molecule has 2 aromatic carbocycles. The van der Waals surface area contributed by atoms with E-state index in [4.69, 9.17) is 10.3 Å². The molecule has 26 heavy (non-hydrogen) atoms. The molecule has 0 unspecified atom stereocenters. The Morgan fingerprint density at radius 2 is 1.77 bits per heavy atom. The van der Waals surface area contributed by atoms with Crippen molar-refractivity contribution >= 4 is 12.0 Å². The summed E-state index contributed by atoms with van der Waals surface area (Å²) >= 11 is 0. The highest BCUT2D eigenvalue weighted by atomic mass is 15.2. The maximum Gasteiger partial charge on any atom is 0.210 e. The van der Waals surface area contributed by atoms with Gasteiger partial charge in [-0.15, -0.1) is 0 Å². The molecule has 4 rings (SSSR count). The number of benzene rings is 2. The molecule has 1 heterocycles. The van der Waals surface area contributed by atoms with Crippen LogP contribution in [0.25, 0.3) is 6.08 Å². The van der Waals surface area contributed by atoms with Crippen LogP contribution in [0.3, 0.4) is 0 Å². The standard InChI is InChI=1S/C22H20N4/c23-15-24-22-25-20(17-10-5-2-6-11-17)19-13-7-12-18(21(19)26-22)14-16-8-3-1-4-9-16/h1-6,8-11,14,20H,7,12-13H2,(H2,24,25,26)/b18-14+/t20-/m1/s1. The van der Waals surface area contributed by atoms with E-state index in [1.54, 1.807) is 0 Å². The van der Waals surface area contributed by atoms with Crippen molar-refractivity contribution in [2.75, 3.05) is 0 Å². The molecule has 0 saturated heterocycles. The van der Waals surface area contributed by atoms with E-state index < -0.39 is 0 Å². The van der Waals surface area contributed by atoms with Gasteiger partial charge in [0.1, 0.15) is 6.04 Å². The number of nitrogens with one attached hydrogen (secondary N) is 2. The summed E-state index contributed by atoms with van der Waals surface area (Å²) in [7, 11) is 0. The fourth-order valence-electron chi connectivity index (χ4n) is 3.64. The van der Waals surface area contributed by atoms with Crippen molar-refractivity contribution in [1.29, 1.82) is 5.26 Å². The zero-order chi connectivity index (χ0) is 17.8. The number of allylic oxidation sites excluding steroid dienone is 1. The molecule has 1 aliphatic carbocycles. The summed E-state index contributed by atoms with van der Waals surface area (Å²) in [6.07, 6.45) is 7.36. The van der Waals surface area contributed by atoms with Crippen LogP contribution in [-0.2, 0) is 0 Å². The van der Waals surface area contributed by atoms with Gasteiger partial charge in [-0.1, -0.05) is 60.7 Å². The quantitative estimate of drug-likeness (QED) is 0.634. The third-order valence-electron chi connectivity index (χ3n) is 4.80. The van der Waals surface area contributed by atoms with E-state index in [-0.39, 0.29) is 6.04 Å². The third-order valence-corrected chi connectivity index (χ3v) is 4.80. The summed E-state index contributed by atoms with van der Waals surface area (Å²) < 4.78 is 0. The average molecular weight is 340 g/mol. The molecule has 0 amide bonds. The maximum atomic E-state index is 9.06. The van der Waals surface area contributed by atoms with Gasteiger partial charge in [-0.05, 0) is 47.6 Å². The first-order valence-corrected chi connectivity index (χ1v) is 8.89. The first-order chi connectivity index (χ1) is 12.8. The Kier molecular flexibility index (Phi) is 4.53. The molecule has 0 spiro atoms. The van der Waals surface area contributed by atoms with Gasteiger partial charge in [-0.25, -0.2) is 4.99 Å². The van der Waals surface area contributed by atoms with Crippen LogP contribution in [0.2, 0.25) is 0 Å². The second-order valence-corrected chi connectivity index (χ2v) is 6.49. The van der Waals surface area contributed by atoms with Crippen molar-refractivity contribution in [3.05, 3.63) is 88.6 Å². The smallest absolute Gasteiger partial charge is 0.210 e. The van der Waals surface area contributed by atoms with Crippen molar-refractivity contribution in [1.82, 2.24) is 10.6 Å². The Labute approximate surface area is 153 Å². The van der Waals surface area contributed by atoms with Crippen LogP contribution in [-0.4, -0.2) is 5.96 Å². The molecule has 2 N–H and O–H groups in total. The van der Waals surface area contributed by atoms with E-state index in [9.17, 15) is 0 Å². The molecule has 0 aromatic heterocycles. The van der Waals surface area contributed by atoms with E-state index in [0.717, 1.165) is 30.5 Å². The van der Waals surface area contributed by atoms with E-state index in [1.807, 2.05) is 30.5 Å². The lowest BCUT2D eigenvalue weighted by Gasteiger charge is -2.32. The van der Waals surface area contributed by atoms with E-state index in [0.29, 0.717) is 5.96 Å². The number of guanidine groups is 1. The number of rotatable bonds is 2. The minimum absolute atomic E-state index is 0.0530. The fourth-order valence-corrected chi connectivity index (χ4v) is 3.64. The van der Waals surface area contributed by atoms with Gasteiger partial charge in [0.15, 0.2) is 6.19 Å². The van der Waals surface area contributed by atoms with Gasteiger partial charge in [0, 0.05) is 5.70 Å². The van der Waals surface area contributed by atoms with Crippen molar-refractivity contribution in [2.24, 2.45) is 4.99 Å². The molecule has 4 heteroatoms. The molecular weight excluding hydrogens is 320 g/mol. The number of hydrogen-bond acceptors (Lipinski definition) is 4. The largest absolute Gasteiger partial charge is 0.325 e. The minimum Gasteiger partial charge on any atom is -0.325 e. The molecule has 128 valence electrons. The van der Waals surface area contributed by atoms with Gasteiger partial charge in [0.2, 0.25) is 5.96 Å². The second-order valence-electron chi connectivity index (χ2n) is 6.49. The predicted molar refractivity (Wildman–Crippen MR) is 104 cm³/mol. The average Bonchev–Trinajstić information content (AvgIpc) is 2.70. The lowest BCUT2D eigenvalue weighted by Crippen LogP contribution is -2.39. The summed E-state index contributed by atoms with van der Waals surface area (Å²) in [5.74, 6) is 0.515. The van der Waals surface area contributed by atoms with Gasteiger partial charge < -0.3 is 5.32 Å². The number of hydrogen-bond donors (Lipinski definition) is 2. The van der Waals surface area contributed by atoms with Crippen molar-refractivity contribution in [3.8, 4) is 6.19 Å². The Morgan fingerprint density at radius 1 is 1.04 bits per heavy atom. The van der Waals surface area contributed by atoms with E-state index in [2.05, 4.69) is 53.1 Å². The van der Waals surface area contributed by atoms with E-state index >= 15 is 0 Å². The minimum atomic E-state index is -0.0530. The molecule has 0 saturated carbocycles. The SMILES string of the molecule is N#CNC1=N[C@H](c2ccccc2)C2=C(N1)/C(=C/c1ccccc1)CCC2. The number of aliphatic imine (C=N–C) groups is 1. The highest BCUT2D eigenvalue weighted by molar-refractivity contribution is 5.86. The van der Waals surface area contributed by atoms with E-state index in [1.165, 1.54) is 16.7 Å². The predicted octanol–water partition coefficient (Wildman–Crippen LogP) is 4.28. The molecule has 2 aliphatic rings. The zero-order valence-corrected chi connectivity index (χ0v) is 14.4. The first kappa shape index (κ1) is 16.2. The molecule has 4 nitrogen and oxygen atoms in total. The van der Waals surface area contributed by atoms with Gasteiger partial charge in [0.25, 0.3) is 0 Å². The number of nitriles is 1. The van der Waals surface area contributed by atoms with Gasteiger partial charge in [0.05, 0.1) is 0 Å². The molecule has 0 fully saturated rings. The highest BCUT2D eigenvalue weighted by Gasteiger charge is 2.29. The molecule has 2 aromatic rings. The molecule has 0 bridgehead atoms. The first-order valence-electron chi connectivity index (χ1n) is 8.89. The Bertz CT molecular complexity index is 918. The zero-order valence-electron chi connectivity index (χ0n) is 14.4. The third kappa shape index (κ3) is 3.25. The second kappa shape index (κ2) is 7.28. The summed E-state index contributed by atoms with van der Waals surface area (Å²) in [6, 6.07) is 20.6. The summed E-state index contributed by atoms with van der Waals surface area (Å²) in [6.45, 7) is 0. The lowest BCUT2D eigenvalue weighted by atomic mass is 9.84. The molecule has 1 aliphatic heterocycles. The van der Waals surface area contributed by atoms with Crippen LogP contribution in [0.15, 0.2) is 82.5 Å². The van der Waals surface area contributed by atoms with Crippen molar-refractivity contribution in [3.63, 3.8) is 0 Å². The summed E-state index contributed by atoms with van der Waals surface area (Å²) in [4.78, 5) is 4.75. The summed E-state index contributed by atoms with van der Waals surface area (Å²) in [5, 5.41) is 15.1. The van der Waals surface area contributed by atoms with Crippen molar-refractivity contribution in [2.45, 2.75) is 25.3 Å². The number of nitrogens with zero attached hydrogens (tertiary/aromatic N) is 2.